The van der Waals surface area contributed by atoms with Crippen LogP contribution in [-0.4, -0.2) is 39.4 Å². The van der Waals surface area contributed by atoms with Crippen LogP contribution in [0.3, 0.4) is 0 Å². The lowest BCUT2D eigenvalue weighted by Crippen LogP contribution is -2.38. The normalized spacial score (nSPS) is 15.1. The van der Waals surface area contributed by atoms with Crippen molar-refractivity contribution < 1.29 is 19.6 Å². The summed E-state index contributed by atoms with van der Waals surface area (Å²) >= 11 is 0. The van der Waals surface area contributed by atoms with E-state index in [1.54, 1.807) is 0 Å². The highest BCUT2D eigenvalue weighted by atomic mass is 16.6. The molecule has 0 spiro atoms. The molecule has 1 aliphatic carbocycles. The van der Waals surface area contributed by atoms with E-state index in [4.69, 9.17) is 10.8 Å². The second kappa shape index (κ2) is 6.00. The van der Waals surface area contributed by atoms with Crippen molar-refractivity contribution in [3.63, 3.8) is 0 Å². The summed E-state index contributed by atoms with van der Waals surface area (Å²) in [5, 5.41) is 19.9. The zero-order valence-electron chi connectivity index (χ0n) is 12.1. The van der Waals surface area contributed by atoms with Gasteiger partial charge >= 0.3 is 5.97 Å². The molecule has 8 heteroatoms. The molecular weight excluding hydrogens is 290 g/mol. The summed E-state index contributed by atoms with van der Waals surface area (Å²) in [5.74, 6) is -2.09. The van der Waals surface area contributed by atoms with E-state index in [1.807, 2.05) is 0 Å². The standard InChI is InChI=1S/C14H17N3O5/c1-8(14(19)20)7-16(10-3-4-10)13(18)9-2-5-11(15)12(6-9)17(21)22/h2,5-6,8,10H,3-4,7,15H2,1H3,(H,19,20). The maximum Gasteiger partial charge on any atom is 0.308 e. The number of nitro groups is 1. The first-order valence-electron chi connectivity index (χ1n) is 6.89. The van der Waals surface area contributed by atoms with Crippen LogP contribution in [0.25, 0.3) is 0 Å². The molecule has 118 valence electrons. The van der Waals surface area contributed by atoms with Crippen LogP contribution in [0.15, 0.2) is 18.2 Å². The molecule has 8 nitrogen and oxygen atoms in total. The SMILES string of the molecule is CC(CN(C(=O)c1ccc(N)c([N+](=O)[O-])c1)C1CC1)C(=O)O. The number of hydrogen-bond donors (Lipinski definition) is 2. The van der Waals surface area contributed by atoms with Crippen LogP contribution < -0.4 is 5.73 Å². The predicted molar refractivity (Wildman–Crippen MR) is 78.4 cm³/mol. The van der Waals surface area contributed by atoms with Gasteiger partial charge in [-0.2, -0.15) is 0 Å². The largest absolute Gasteiger partial charge is 0.481 e. The number of nitrogens with zero attached hydrogens (tertiary/aromatic N) is 2. The Balaban J connectivity index is 2.25. The van der Waals surface area contributed by atoms with E-state index < -0.39 is 22.7 Å². The van der Waals surface area contributed by atoms with Gasteiger partial charge in [-0.3, -0.25) is 19.7 Å². The number of rotatable bonds is 6. The van der Waals surface area contributed by atoms with Crippen molar-refractivity contribution in [2.75, 3.05) is 12.3 Å². The van der Waals surface area contributed by atoms with Gasteiger partial charge in [0.15, 0.2) is 0 Å². The smallest absolute Gasteiger partial charge is 0.308 e. The Hall–Kier alpha value is -2.64. The number of aliphatic carboxylic acids is 1. The number of nitro benzene ring substituents is 1. The Labute approximate surface area is 126 Å². The van der Waals surface area contributed by atoms with Crippen LogP contribution in [0.5, 0.6) is 0 Å². The predicted octanol–water partition coefficient (Wildman–Crippen LogP) is 1.50. The fraction of sp³-hybridized carbons (Fsp3) is 0.429. The molecule has 1 atom stereocenters. The van der Waals surface area contributed by atoms with Crippen LogP contribution in [-0.2, 0) is 4.79 Å². The average molecular weight is 307 g/mol. The number of carbonyl (C=O) groups excluding carboxylic acids is 1. The molecule has 1 unspecified atom stereocenters. The van der Waals surface area contributed by atoms with Crippen LogP contribution in [0.4, 0.5) is 11.4 Å². The van der Waals surface area contributed by atoms with Crippen molar-refractivity contribution in [2.45, 2.75) is 25.8 Å². The molecule has 0 aromatic heterocycles. The molecule has 22 heavy (non-hydrogen) atoms. The summed E-state index contributed by atoms with van der Waals surface area (Å²) < 4.78 is 0. The van der Waals surface area contributed by atoms with Crippen molar-refractivity contribution >= 4 is 23.3 Å². The third-order valence-electron chi connectivity index (χ3n) is 3.61. The lowest BCUT2D eigenvalue weighted by Gasteiger charge is -2.24. The highest BCUT2D eigenvalue weighted by Crippen LogP contribution is 2.30. The molecule has 0 aliphatic heterocycles. The number of anilines is 1. The second-order valence-electron chi connectivity index (χ2n) is 5.46. The van der Waals surface area contributed by atoms with Crippen molar-refractivity contribution in [3.8, 4) is 0 Å². The number of amides is 1. The van der Waals surface area contributed by atoms with Gasteiger partial charge in [0.1, 0.15) is 5.69 Å². The molecule has 1 fully saturated rings. The topological polar surface area (TPSA) is 127 Å². The summed E-state index contributed by atoms with van der Waals surface area (Å²) in [6.07, 6.45) is 1.63. The Morgan fingerprint density at radius 3 is 2.64 bits per heavy atom. The first-order valence-corrected chi connectivity index (χ1v) is 6.89. The summed E-state index contributed by atoms with van der Waals surface area (Å²) in [4.78, 5) is 35.3. The minimum Gasteiger partial charge on any atom is -0.481 e. The number of hydrogen-bond acceptors (Lipinski definition) is 5. The first-order chi connectivity index (χ1) is 10.3. The van der Waals surface area contributed by atoms with Crippen LogP contribution in [0.1, 0.15) is 30.1 Å². The molecule has 1 saturated carbocycles. The molecule has 1 aromatic carbocycles. The van der Waals surface area contributed by atoms with E-state index in [0.29, 0.717) is 0 Å². The van der Waals surface area contributed by atoms with Crippen LogP contribution in [0.2, 0.25) is 0 Å². The average Bonchev–Trinajstić information content (AvgIpc) is 3.28. The maximum absolute atomic E-state index is 12.5. The van der Waals surface area contributed by atoms with E-state index in [9.17, 15) is 19.7 Å². The highest BCUT2D eigenvalue weighted by molar-refractivity contribution is 5.96. The van der Waals surface area contributed by atoms with E-state index in [-0.39, 0.29) is 29.5 Å². The molecule has 1 aromatic rings. The van der Waals surface area contributed by atoms with E-state index in [2.05, 4.69) is 0 Å². The fourth-order valence-electron chi connectivity index (χ4n) is 2.16. The Morgan fingerprint density at radius 2 is 2.14 bits per heavy atom. The summed E-state index contributed by atoms with van der Waals surface area (Å²) in [6.45, 7) is 1.60. The summed E-state index contributed by atoms with van der Waals surface area (Å²) in [6, 6.07) is 3.88. The van der Waals surface area contributed by atoms with E-state index >= 15 is 0 Å². The van der Waals surface area contributed by atoms with Gasteiger partial charge in [0.25, 0.3) is 11.6 Å². The third-order valence-corrected chi connectivity index (χ3v) is 3.61. The molecular formula is C14H17N3O5. The number of carbonyl (C=O) groups is 2. The summed E-state index contributed by atoms with van der Waals surface area (Å²) in [5.41, 5.74) is 5.32. The molecule has 0 radical (unpaired) electrons. The zero-order valence-corrected chi connectivity index (χ0v) is 12.1. The van der Waals surface area contributed by atoms with E-state index in [0.717, 1.165) is 18.9 Å². The Kier molecular flexibility index (Phi) is 4.30. The fourth-order valence-corrected chi connectivity index (χ4v) is 2.16. The van der Waals surface area contributed by atoms with Gasteiger partial charge in [0.05, 0.1) is 10.8 Å². The van der Waals surface area contributed by atoms with Gasteiger partial charge in [-0.15, -0.1) is 0 Å². The quantitative estimate of drug-likeness (QED) is 0.466. The van der Waals surface area contributed by atoms with Crippen molar-refractivity contribution in [2.24, 2.45) is 5.92 Å². The van der Waals surface area contributed by atoms with Crippen molar-refractivity contribution in [3.05, 3.63) is 33.9 Å². The van der Waals surface area contributed by atoms with Gasteiger partial charge in [-0.1, -0.05) is 6.92 Å². The number of carboxylic acids is 1. The number of nitrogens with two attached hydrogens (primary N) is 1. The monoisotopic (exact) mass is 307 g/mol. The maximum atomic E-state index is 12.5. The second-order valence-corrected chi connectivity index (χ2v) is 5.46. The molecule has 3 N–H and O–H groups in total. The molecule has 1 amide bonds. The molecule has 0 heterocycles. The van der Waals surface area contributed by atoms with Crippen LogP contribution in [0, 0.1) is 16.0 Å². The van der Waals surface area contributed by atoms with Gasteiger partial charge in [-0.05, 0) is 25.0 Å². The number of benzene rings is 1. The van der Waals surface area contributed by atoms with Crippen molar-refractivity contribution in [1.82, 2.24) is 4.90 Å². The first kappa shape index (κ1) is 15.7. The minimum atomic E-state index is -0.985. The van der Waals surface area contributed by atoms with E-state index in [1.165, 1.54) is 24.0 Å². The van der Waals surface area contributed by atoms with Crippen molar-refractivity contribution in [1.29, 1.82) is 0 Å². The molecule has 0 bridgehead atoms. The minimum absolute atomic E-state index is 0.00547. The number of nitrogen functional groups attached to an aromatic ring is 1. The summed E-state index contributed by atoms with van der Waals surface area (Å²) in [7, 11) is 0. The van der Waals surface area contributed by atoms with Gasteiger partial charge < -0.3 is 15.7 Å². The number of carboxylic acid groups (broad SMARTS) is 1. The molecule has 2 rings (SSSR count). The van der Waals surface area contributed by atoms with Crippen LogP contribution >= 0.6 is 0 Å². The van der Waals surface area contributed by atoms with Gasteiger partial charge in [0, 0.05) is 24.2 Å². The molecule has 1 aliphatic rings. The zero-order chi connectivity index (χ0) is 16.4. The Morgan fingerprint density at radius 1 is 1.50 bits per heavy atom. The lowest BCUT2D eigenvalue weighted by molar-refractivity contribution is -0.383. The Bertz CT molecular complexity index is 627. The van der Waals surface area contributed by atoms with Gasteiger partial charge in [-0.25, -0.2) is 0 Å². The lowest BCUT2D eigenvalue weighted by atomic mass is 10.1. The molecule has 0 saturated heterocycles. The third kappa shape index (κ3) is 3.33. The highest BCUT2D eigenvalue weighted by Gasteiger charge is 2.35. The van der Waals surface area contributed by atoms with Gasteiger partial charge in [0.2, 0.25) is 0 Å².